The molecule has 0 unspecified atom stereocenters. The molecule has 1 fully saturated rings. The molecule has 0 spiro atoms. The van der Waals surface area contributed by atoms with Crippen LogP contribution in [0.2, 0.25) is 0 Å². The first-order chi connectivity index (χ1) is 9.12. The molecular formula is C14H21BFNO3. The van der Waals surface area contributed by atoms with Crippen molar-refractivity contribution in [3.63, 3.8) is 0 Å². The van der Waals surface area contributed by atoms with E-state index in [1.807, 2.05) is 41.5 Å². The van der Waals surface area contributed by atoms with Crippen LogP contribution in [0.15, 0.2) is 12.3 Å². The number of rotatable bonds is 3. The summed E-state index contributed by atoms with van der Waals surface area (Å²) in [5, 5.41) is 0. The number of halogens is 1. The molecule has 1 saturated heterocycles. The van der Waals surface area contributed by atoms with Crippen LogP contribution in [0.1, 0.15) is 41.5 Å². The van der Waals surface area contributed by atoms with Gasteiger partial charge in [-0.15, -0.1) is 0 Å². The summed E-state index contributed by atoms with van der Waals surface area (Å²) in [7, 11) is -0.683. The fourth-order valence-corrected chi connectivity index (χ4v) is 1.90. The minimum absolute atomic E-state index is 0.0610. The summed E-state index contributed by atoms with van der Waals surface area (Å²) in [6.45, 7) is 11.6. The summed E-state index contributed by atoms with van der Waals surface area (Å²) >= 11 is 0. The highest BCUT2D eigenvalue weighted by Crippen LogP contribution is 2.37. The molecule has 6 heteroatoms. The molecule has 1 aromatic heterocycles. The molecule has 110 valence electrons. The Morgan fingerprint density at radius 2 is 1.75 bits per heavy atom. The van der Waals surface area contributed by atoms with Crippen LogP contribution in [0, 0.1) is 5.82 Å². The van der Waals surface area contributed by atoms with Crippen molar-refractivity contribution in [2.24, 2.45) is 0 Å². The van der Waals surface area contributed by atoms with Gasteiger partial charge in [0.05, 0.1) is 23.5 Å². The summed E-state index contributed by atoms with van der Waals surface area (Å²) in [6, 6.07) is 1.35. The van der Waals surface area contributed by atoms with E-state index in [-0.39, 0.29) is 6.10 Å². The molecule has 0 atom stereocenters. The van der Waals surface area contributed by atoms with Crippen molar-refractivity contribution in [2.45, 2.75) is 58.8 Å². The second-order valence-electron chi connectivity index (χ2n) is 6.30. The average Bonchev–Trinajstić information content (AvgIpc) is 2.50. The Kier molecular flexibility index (Phi) is 3.82. The Bertz CT molecular complexity index is 489. The van der Waals surface area contributed by atoms with E-state index in [1.54, 1.807) is 0 Å². The first kappa shape index (κ1) is 15.3. The maximum atomic E-state index is 13.5. The minimum Gasteiger partial charge on any atom is -0.475 e. The number of hydrogen-bond donors (Lipinski definition) is 0. The van der Waals surface area contributed by atoms with E-state index in [9.17, 15) is 4.39 Å². The Hall–Kier alpha value is -1.14. The van der Waals surface area contributed by atoms with Crippen LogP contribution >= 0.6 is 0 Å². The summed E-state index contributed by atoms with van der Waals surface area (Å²) in [5.74, 6) is -0.0919. The van der Waals surface area contributed by atoms with Crippen LogP contribution in [0.25, 0.3) is 0 Å². The Balaban J connectivity index is 2.36. The average molecular weight is 281 g/mol. The third-order valence-electron chi connectivity index (χ3n) is 3.70. The molecule has 1 aliphatic rings. The number of ether oxygens (including phenoxy) is 1. The summed E-state index contributed by atoms with van der Waals surface area (Å²) in [5.41, 5.74) is -0.490. The van der Waals surface area contributed by atoms with Crippen molar-refractivity contribution in [3.8, 4) is 5.88 Å². The van der Waals surface area contributed by atoms with E-state index >= 15 is 0 Å². The molecule has 4 nitrogen and oxygen atoms in total. The molecule has 0 bridgehead atoms. The first-order valence-electron chi connectivity index (χ1n) is 6.80. The van der Waals surface area contributed by atoms with Crippen molar-refractivity contribution in [3.05, 3.63) is 18.1 Å². The zero-order chi connectivity index (χ0) is 15.1. The van der Waals surface area contributed by atoms with Gasteiger partial charge in [-0.1, -0.05) is 0 Å². The van der Waals surface area contributed by atoms with Crippen LogP contribution in [0.4, 0.5) is 4.39 Å². The molecule has 0 N–H and O–H groups in total. The Morgan fingerprint density at radius 1 is 1.20 bits per heavy atom. The molecule has 0 saturated carbocycles. The van der Waals surface area contributed by atoms with E-state index in [0.717, 1.165) is 6.20 Å². The highest BCUT2D eigenvalue weighted by Gasteiger charge is 2.52. The second-order valence-corrected chi connectivity index (χ2v) is 6.30. The van der Waals surface area contributed by atoms with Gasteiger partial charge in [0.15, 0.2) is 0 Å². The van der Waals surface area contributed by atoms with Gasteiger partial charge in [0.25, 0.3) is 0 Å². The normalized spacial score (nSPS) is 20.5. The van der Waals surface area contributed by atoms with Gasteiger partial charge in [-0.05, 0) is 47.6 Å². The number of aromatic nitrogens is 1. The first-order valence-corrected chi connectivity index (χ1v) is 6.80. The summed E-state index contributed by atoms with van der Waals surface area (Å²) in [4.78, 5) is 4.00. The maximum Gasteiger partial charge on any atom is 0.500 e. The lowest BCUT2D eigenvalue weighted by Gasteiger charge is -2.32. The van der Waals surface area contributed by atoms with E-state index in [2.05, 4.69) is 4.98 Å². The largest absolute Gasteiger partial charge is 0.500 e. The Morgan fingerprint density at radius 3 is 2.25 bits per heavy atom. The van der Waals surface area contributed by atoms with Crippen molar-refractivity contribution in [1.29, 1.82) is 0 Å². The number of nitrogens with zero attached hydrogens (tertiary/aromatic N) is 1. The van der Waals surface area contributed by atoms with Gasteiger partial charge < -0.3 is 14.0 Å². The smallest absolute Gasteiger partial charge is 0.475 e. The number of pyridine rings is 1. The predicted octanol–water partition coefficient (Wildman–Crippen LogP) is 2.31. The predicted molar refractivity (Wildman–Crippen MR) is 75.7 cm³/mol. The van der Waals surface area contributed by atoms with E-state index in [4.69, 9.17) is 14.0 Å². The van der Waals surface area contributed by atoms with E-state index in [0.29, 0.717) is 11.3 Å². The number of hydrogen-bond acceptors (Lipinski definition) is 4. The molecule has 0 aromatic carbocycles. The third kappa shape index (κ3) is 2.81. The molecule has 0 amide bonds. The SMILES string of the molecule is CC(C)Oc1ncc(F)cc1B1OC(C)(C)C(C)(C)O1. The maximum absolute atomic E-state index is 13.5. The summed E-state index contributed by atoms with van der Waals surface area (Å²) in [6.07, 6.45) is 1.07. The molecule has 0 aliphatic carbocycles. The highest BCUT2D eigenvalue weighted by molar-refractivity contribution is 6.63. The molecule has 20 heavy (non-hydrogen) atoms. The van der Waals surface area contributed by atoms with Crippen LogP contribution in [-0.4, -0.2) is 29.4 Å². The minimum atomic E-state index is -0.683. The third-order valence-corrected chi connectivity index (χ3v) is 3.70. The molecule has 2 heterocycles. The quantitative estimate of drug-likeness (QED) is 0.797. The van der Waals surface area contributed by atoms with Crippen LogP contribution < -0.4 is 10.2 Å². The van der Waals surface area contributed by atoms with Crippen LogP contribution in [-0.2, 0) is 9.31 Å². The van der Waals surface area contributed by atoms with Crippen LogP contribution in [0.5, 0.6) is 5.88 Å². The molecule has 0 radical (unpaired) electrons. The zero-order valence-corrected chi connectivity index (χ0v) is 12.9. The monoisotopic (exact) mass is 281 g/mol. The molecule has 2 rings (SSSR count). The molecule has 1 aliphatic heterocycles. The molecular weight excluding hydrogens is 260 g/mol. The standard InChI is InChI=1S/C14H21BFNO3/c1-9(2)18-12-11(7-10(16)8-17-12)15-19-13(3,4)14(5,6)20-15/h7-9H,1-6H3. The topological polar surface area (TPSA) is 40.6 Å². The lowest BCUT2D eigenvalue weighted by molar-refractivity contribution is 0.00578. The lowest BCUT2D eigenvalue weighted by atomic mass is 9.79. The molecule has 1 aromatic rings. The summed E-state index contributed by atoms with van der Waals surface area (Å²) < 4.78 is 30.9. The van der Waals surface area contributed by atoms with Gasteiger partial charge in [-0.25, -0.2) is 9.37 Å². The lowest BCUT2D eigenvalue weighted by Crippen LogP contribution is -2.41. The van der Waals surface area contributed by atoms with E-state index < -0.39 is 24.1 Å². The van der Waals surface area contributed by atoms with Gasteiger partial charge in [0, 0.05) is 5.46 Å². The van der Waals surface area contributed by atoms with Crippen molar-refractivity contribution < 1.29 is 18.4 Å². The van der Waals surface area contributed by atoms with Gasteiger partial charge >= 0.3 is 7.12 Å². The van der Waals surface area contributed by atoms with Crippen LogP contribution in [0.3, 0.4) is 0 Å². The Labute approximate surface area is 119 Å². The fourth-order valence-electron chi connectivity index (χ4n) is 1.90. The fraction of sp³-hybridized carbons (Fsp3) is 0.643. The zero-order valence-electron chi connectivity index (χ0n) is 12.9. The van der Waals surface area contributed by atoms with Crippen molar-refractivity contribution in [2.75, 3.05) is 0 Å². The van der Waals surface area contributed by atoms with Gasteiger partial charge in [0.1, 0.15) is 5.82 Å². The van der Waals surface area contributed by atoms with Gasteiger partial charge in [-0.2, -0.15) is 0 Å². The second kappa shape index (κ2) is 5.00. The van der Waals surface area contributed by atoms with E-state index in [1.165, 1.54) is 6.07 Å². The van der Waals surface area contributed by atoms with Crippen molar-refractivity contribution in [1.82, 2.24) is 4.98 Å². The van der Waals surface area contributed by atoms with Gasteiger partial charge in [-0.3, -0.25) is 0 Å². The van der Waals surface area contributed by atoms with Crippen molar-refractivity contribution >= 4 is 12.6 Å². The highest BCUT2D eigenvalue weighted by atomic mass is 19.1. The van der Waals surface area contributed by atoms with Gasteiger partial charge in [0.2, 0.25) is 5.88 Å².